The maximum absolute atomic E-state index is 12.6. The fraction of sp³-hybridized carbons (Fsp3) is 0.526. The third-order valence-electron chi connectivity index (χ3n) is 5.59. The zero-order valence-corrected chi connectivity index (χ0v) is 15.1. The van der Waals surface area contributed by atoms with Crippen LogP contribution in [-0.4, -0.2) is 24.1 Å². The molecule has 0 saturated heterocycles. The molecular weight excluding hydrogens is 324 g/mol. The monoisotopic (exact) mass is 348 g/mol. The van der Waals surface area contributed by atoms with Crippen LogP contribution in [0.15, 0.2) is 18.2 Å². The molecule has 0 spiro atoms. The Morgan fingerprint density at radius 1 is 1.38 bits per heavy atom. The van der Waals surface area contributed by atoms with Crippen molar-refractivity contribution in [3.63, 3.8) is 0 Å². The van der Waals surface area contributed by atoms with E-state index < -0.39 is 0 Å². The van der Waals surface area contributed by atoms with E-state index in [1.54, 1.807) is 0 Å². The van der Waals surface area contributed by atoms with E-state index in [0.717, 1.165) is 32.2 Å². The summed E-state index contributed by atoms with van der Waals surface area (Å²) in [6, 6.07) is 6.62. The van der Waals surface area contributed by atoms with Crippen molar-refractivity contribution < 1.29 is 9.53 Å². The first-order chi connectivity index (χ1) is 11.2. The Bertz CT molecular complexity index is 764. The summed E-state index contributed by atoms with van der Waals surface area (Å²) in [6.07, 6.45) is 3.94. The molecule has 4 rings (SSSR count). The summed E-state index contributed by atoms with van der Waals surface area (Å²) in [5, 5.41) is 4.90. The first-order valence-corrected chi connectivity index (χ1v) is 8.67. The Balaban J connectivity index is 0.00000169. The molecule has 2 aromatic rings. The van der Waals surface area contributed by atoms with Crippen LogP contribution in [0.3, 0.4) is 0 Å². The predicted octanol–water partition coefficient (Wildman–Crippen LogP) is 3.82. The van der Waals surface area contributed by atoms with Crippen LogP contribution in [-0.2, 0) is 16.0 Å². The van der Waals surface area contributed by atoms with Gasteiger partial charge in [0.1, 0.15) is 0 Å². The minimum absolute atomic E-state index is 0. The largest absolute Gasteiger partial charge is 0.466 e. The number of aromatic amines is 1. The Labute approximate surface area is 148 Å². The van der Waals surface area contributed by atoms with Crippen LogP contribution < -0.4 is 5.32 Å². The number of carbonyl (C=O) groups excluding carboxylic acids is 1. The number of nitrogens with one attached hydrogen (secondary N) is 2. The number of aryl methyl sites for hydroxylation is 1. The minimum atomic E-state index is -0.388. The van der Waals surface area contributed by atoms with Crippen molar-refractivity contribution >= 4 is 29.3 Å². The normalized spacial score (nSPS) is 21.5. The SMILES string of the molecule is CCOC(=O)C1(C2NCCc3c2[nH]c2cc(C)ccc32)CCC1.Cl. The first-order valence-electron chi connectivity index (χ1n) is 8.67. The Morgan fingerprint density at radius 2 is 2.17 bits per heavy atom. The van der Waals surface area contributed by atoms with Crippen molar-refractivity contribution in [1.82, 2.24) is 10.3 Å². The average Bonchev–Trinajstić information content (AvgIpc) is 2.84. The van der Waals surface area contributed by atoms with Crippen molar-refractivity contribution in [3.8, 4) is 0 Å². The van der Waals surface area contributed by atoms with Crippen molar-refractivity contribution in [2.24, 2.45) is 5.41 Å². The van der Waals surface area contributed by atoms with Crippen molar-refractivity contribution in [2.75, 3.05) is 13.2 Å². The highest BCUT2D eigenvalue weighted by molar-refractivity contribution is 5.87. The van der Waals surface area contributed by atoms with Crippen LogP contribution >= 0.6 is 12.4 Å². The molecule has 1 atom stereocenters. The third-order valence-corrected chi connectivity index (χ3v) is 5.59. The summed E-state index contributed by atoms with van der Waals surface area (Å²) in [5.74, 6) is -0.0357. The van der Waals surface area contributed by atoms with Gasteiger partial charge in [0.2, 0.25) is 0 Å². The lowest BCUT2D eigenvalue weighted by Gasteiger charge is -2.46. The van der Waals surface area contributed by atoms with Gasteiger partial charge in [-0.3, -0.25) is 4.79 Å². The Hall–Kier alpha value is -1.52. The summed E-state index contributed by atoms with van der Waals surface area (Å²) < 4.78 is 5.42. The van der Waals surface area contributed by atoms with Crippen molar-refractivity contribution in [1.29, 1.82) is 0 Å². The second-order valence-electron chi connectivity index (χ2n) is 6.93. The molecule has 24 heavy (non-hydrogen) atoms. The minimum Gasteiger partial charge on any atom is -0.466 e. The number of fused-ring (bicyclic) bond motifs is 3. The lowest BCUT2D eigenvalue weighted by atomic mass is 9.62. The standard InChI is InChI=1S/C19H24N2O2.ClH/c1-3-23-18(22)19(8-4-9-19)17-16-14(7-10-20-17)13-6-5-12(2)11-15(13)21-16;/h5-6,11,17,20-21H,3-4,7-10H2,1-2H3;1H. The molecule has 1 unspecified atom stereocenters. The van der Waals surface area contributed by atoms with Gasteiger partial charge in [-0.15, -0.1) is 12.4 Å². The number of carbonyl (C=O) groups is 1. The molecule has 1 aliphatic carbocycles. The van der Waals surface area contributed by atoms with Crippen LogP contribution in [0.2, 0.25) is 0 Å². The van der Waals surface area contributed by atoms with E-state index in [9.17, 15) is 4.79 Å². The lowest BCUT2D eigenvalue weighted by Crippen LogP contribution is -2.51. The van der Waals surface area contributed by atoms with Crippen LogP contribution in [0.25, 0.3) is 10.9 Å². The number of esters is 1. The molecule has 1 fully saturated rings. The fourth-order valence-electron chi connectivity index (χ4n) is 4.26. The Kier molecular flexibility index (Phi) is 4.63. The van der Waals surface area contributed by atoms with Crippen molar-refractivity contribution in [3.05, 3.63) is 35.0 Å². The number of hydrogen-bond acceptors (Lipinski definition) is 3. The van der Waals surface area contributed by atoms with E-state index in [1.807, 2.05) is 6.92 Å². The van der Waals surface area contributed by atoms with Crippen LogP contribution in [0.4, 0.5) is 0 Å². The molecule has 130 valence electrons. The van der Waals surface area contributed by atoms with E-state index >= 15 is 0 Å². The van der Waals surface area contributed by atoms with E-state index in [0.29, 0.717) is 6.61 Å². The summed E-state index contributed by atoms with van der Waals surface area (Å²) in [5.41, 5.74) is 4.62. The second-order valence-corrected chi connectivity index (χ2v) is 6.93. The van der Waals surface area contributed by atoms with Crippen molar-refractivity contribution in [2.45, 2.75) is 45.6 Å². The van der Waals surface area contributed by atoms with E-state index in [-0.39, 0.29) is 29.8 Å². The molecule has 2 N–H and O–H groups in total. The average molecular weight is 349 g/mol. The zero-order chi connectivity index (χ0) is 16.0. The van der Waals surface area contributed by atoms with Gasteiger partial charge >= 0.3 is 5.97 Å². The van der Waals surface area contributed by atoms with Gasteiger partial charge in [-0.25, -0.2) is 0 Å². The first kappa shape index (κ1) is 17.3. The summed E-state index contributed by atoms with van der Waals surface area (Å²) in [4.78, 5) is 16.3. The molecular formula is C19H25ClN2O2. The smallest absolute Gasteiger partial charge is 0.314 e. The molecule has 2 aliphatic rings. The summed E-state index contributed by atoms with van der Waals surface area (Å²) >= 11 is 0. The van der Waals surface area contributed by atoms with Gasteiger partial charge < -0.3 is 15.0 Å². The molecule has 0 amide bonds. The molecule has 0 bridgehead atoms. The molecule has 1 aliphatic heterocycles. The number of H-pyrrole nitrogens is 1. The van der Waals surface area contributed by atoms with Crippen LogP contribution in [0.5, 0.6) is 0 Å². The molecule has 2 heterocycles. The van der Waals surface area contributed by atoms with E-state index in [1.165, 1.54) is 27.7 Å². The summed E-state index contributed by atoms with van der Waals surface area (Å²) in [7, 11) is 0. The van der Waals surface area contributed by atoms with Crippen LogP contribution in [0, 0.1) is 12.3 Å². The van der Waals surface area contributed by atoms with Gasteiger partial charge in [-0.1, -0.05) is 18.6 Å². The highest BCUT2D eigenvalue weighted by Crippen LogP contribution is 2.53. The van der Waals surface area contributed by atoms with E-state index in [4.69, 9.17) is 4.74 Å². The Morgan fingerprint density at radius 3 is 2.83 bits per heavy atom. The predicted molar refractivity (Wildman–Crippen MR) is 97.6 cm³/mol. The molecule has 1 saturated carbocycles. The summed E-state index contributed by atoms with van der Waals surface area (Å²) in [6.45, 7) is 5.36. The van der Waals surface area contributed by atoms with E-state index in [2.05, 4.69) is 35.4 Å². The molecule has 4 nitrogen and oxygen atoms in total. The van der Waals surface area contributed by atoms with Gasteiger partial charge in [0.05, 0.1) is 18.1 Å². The number of aromatic nitrogens is 1. The molecule has 5 heteroatoms. The second kappa shape index (κ2) is 6.41. The lowest BCUT2D eigenvalue weighted by molar-refractivity contribution is -0.164. The fourth-order valence-corrected chi connectivity index (χ4v) is 4.26. The quantitative estimate of drug-likeness (QED) is 0.829. The highest BCUT2D eigenvalue weighted by atomic mass is 35.5. The number of ether oxygens (including phenoxy) is 1. The third kappa shape index (κ3) is 2.44. The maximum Gasteiger partial charge on any atom is 0.314 e. The molecule has 0 radical (unpaired) electrons. The number of hydrogen-bond donors (Lipinski definition) is 2. The number of benzene rings is 1. The molecule has 1 aromatic heterocycles. The molecule has 1 aromatic carbocycles. The highest BCUT2D eigenvalue weighted by Gasteiger charge is 2.53. The topological polar surface area (TPSA) is 54.1 Å². The number of rotatable bonds is 3. The van der Waals surface area contributed by atoms with Gasteiger partial charge in [0.15, 0.2) is 0 Å². The number of halogens is 1. The van der Waals surface area contributed by atoms with Gasteiger partial charge in [-0.05, 0) is 56.8 Å². The zero-order valence-electron chi connectivity index (χ0n) is 14.3. The van der Waals surface area contributed by atoms with Crippen LogP contribution in [0.1, 0.15) is 49.0 Å². The van der Waals surface area contributed by atoms with Gasteiger partial charge in [0.25, 0.3) is 0 Å². The maximum atomic E-state index is 12.6. The van der Waals surface area contributed by atoms with Gasteiger partial charge in [0, 0.05) is 16.6 Å². The van der Waals surface area contributed by atoms with Gasteiger partial charge in [-0.2, -0.15) is 0 Å².